The summed E-state index contributed by atoms with van der Waals surface area (Å²) in [7, 11) is 0. The van der Waals surface area contributed by atoms with E-state index in [1.54, 1.807) is 23.6 Å². The van der Waals surface area contributed by atoms with Crippen LogP contribution in [0.4, 0.5) is 13.2 Å². The number of alkyl halides is 3. The van der Waals surface area contributed by atoms with E-state index in [-0.39, 0.29) is 17.7 Å². The van der Waals surface area contributed by atoms with Crippen molar-refractivity contribution in [1.82, 2.24) is 4.57 Å². The third kappa shape index (κ3) is 2.50. The van der Waals surface area contributed by atoms with Gasteiger partial charge in [0.1, 0.15) is 5.78 Å². The van der Waals surface area contributed by atoms with Crippen LogP contribution in [0.1, 0.15) is 25.1 Å². The van der Waals surface area contributed by atoms with Crippen molar-refractivity contribution in [2.24, 2.45) is 0 Å². The molecule has 0 N–H and O–H groups in total. The van der Waals surface area contributed by atoms with Crippen molar-refractivity contribution >= 4 is 16.7 Å². The normalized spacial score (nSPS) is 12.1. The molecule has 2 aromatic rings. The van der Waals surface area contributed by atoms with Crippen molar-refractivity contribution in [1.29, 1.82) is 0 Å². The quantitative estimate of drug-likeness (QED) is 0.830. The molecule has 0 spiro atoms. The lowest BCUT2D eigenvalue weighted by Crippen LogP contribution is -2.10. The summed E-state index contributed by atoms with van der Waals surface area (Å²) in [5.41, 5.74) is 0.136. The highest BCUT2D eigenvalue weighted by atomic mass is 19.4. The number of benzene rings is 1. The van der Waals surface area contributed by atoms with Crippen LogP contribution < -0.4 is 0 Å². The van der Waals surface area contributed by atoms with E-state index in [2.05, 4.69) is 0 Å². The van der Waals surface area contributed by atoms with Gasteiger partial charge in [0, 0.05) is 24.0 Å². The monoisotopic (exact) mass is 269 g/mol. The second-order valence-corrected chi connectivity index (χ2v) is 4.50. The summed E-state index contributed by atoms with van der Waals surface area (Å²) in [4.78, 5) is 11.2. The lowest BCUT2D eigenvalue weighted by Gasteiger charge is -2.12. The van der Waals surface area contributed by atoms with Crippen LogP contribution in [0.25, 0.3) is 10.9 Å². The fourth-order valence-electron chi connectivity index (χ4n) is 2.37. The van der Waals surface area contributed by atoms with Crippen LogP contribution in [0.5, 0.6) is 0 Å². The van der Waals surface area contributed by atoms with Crippen LogP contribution >= 0.6 is 0 Å². The van der Waals surface area contributed by atoms with E-state index >= 15 is 0 Å². The smallest absolute Gasteiger partial charge is 0.344 e. The molecule has 0 aliphatic carbocycles. The molecule has 2 rings (SSSR count). The second-order valence-electron chi connectivity index (χ2n) is 4.50. The summed E-state index contributed by atoms with van der Waals surface area (Å²) in [6, 6.07) is 5.77. The first kappa shape index (κ1) is 13.6. The van der Waals surface area contributed by atoms with Crippen molar-refractivity contribution in [2.45, 2.75) is 33.0 Å². The Morgan fingerprint density at radius 1 is 1.32 bits per heavy atom. The lowest BCUT2D eigenvalue weighted by molar-refractivity contribution is -0.136. The van der Waals surface area contributed by atoms with Crippen LogP contribution in [0.15, 0.2) is 24.3 Å². The van der Waals surface area contributed by atoms with Crippen molar-refractivity contribution < 1.29 is 18.0 Å². The molecule has 0 aliphatic rings. The Morgan fingerprint density at radius 2 is 2.00 bits per heavy atom. The van der Waals surface area contributed by atoms with Gasteiger partial charge in [-0.25, -0.2) is 0 Å². The molecule has 0 atom stereocenters. The number of carbonyl (C=O) groups excluding carboxylic acids is 1. The summed E-state index contributed by atoms with van der Waals surface area (Å²) in [6.07, 6.45) is -4.24. The number of rotatable bonds is 3. The van der Waals surface area contributed by atoms with Crippen LogP contribution in [0.3, 0.4) is 0 Å². The van der Waals surface area contributed by atoms with Gasteiger partial charge in [0.05, 0.1) is 11.1 Å². The van der Waals surface area contributed by atoms with E-state index in [1.165, 1.54) is 13.0 Å². The Kier molecular flexibility index (Phi) is 3.39. The molecule has 19 heavy (non-hydrogen) atoms. The van der Waals surface area contributed by atoms with Gasteiger partial charge in [0.15, 0.2) is 0 Å². The largest absolute Gasteiger partial charge is 0.418 e. The molecule has 5 heteroatoms. The van der Waals surface area contributed by atoms with Crippen molar-refractivity contribution in [3.8, 4) is 0 Å². The van der Waals surface area contributed by atoms with Crippen molar-refractivity contribution in [3.63, 3.8) is 0 Å². The van der Waals surface area contributed by atoms with Gasteiger partial charge >= 0.3 is 6.18 Å². The highest BCUT2D eigenvalue weighted by Gasteiger charge is 2.34. The third-order valence-electron chi connectivity index (χ3n) is 3.06. The van der Waals surface area contributed by atoms with Crippen LogP contribution in [0.2, 0.25) is 0 Å². The molecule has 0 saturated carbocycles. The Hall–Kier alpha value is -1.78. The standard InChI is InChI=1S/C14H14F3NO/c1-3-18-11(7-9(2)19)8-10-5-4-6-12(13(10)18)14(15,16)17/h4-6,8H,3,7H2,1-2H3. The molecule has 1 aromatic carbocycles. The highest BCUT2D eigenvalue weighted by molar-refractivity contribution is 5.87. The van der Waals surface area contributed by atoms with E-state index in [4.69, 9.17) is 0 Å². The van der Waals surface area contributed by atoms with E-state index in [1.807, 2.05) is 0 Å². The number of fused-ring (bicyclic) bond motifs is 1. The zero-order valence-electron chi connectivity index (χ0n) is 10.7. The highest BCUT2D eigenvalue weighted by Crippen LogP contribution is 2.36. The predicted octanol–water partition coefficient (Wildman–Crippen LogP) is 3.81. The van der Waals surface area contributed by atoms with Gasteiger partial charge in [-0.3, -0.25) is 4.79 Å². The van der Waals surface area contributed by atoms with Gasteiger partial charge < -0.3 is 4.57 Å². The zero-order chi connectivity index (χ0) is 14.2. The first-order chi connectivity index (χ1) is 8.84. The minimum Gasteiger partial charge on any atom is -0.344 e. The number of Topliss-reactive ketones (excluding diaryl/α,β-unsaturated/α-hetero) is 1. The Morgan fingerprint density at radius 3 is 2.53 bits per heavy atom. The van der Waals surface area contributed by atoms with Crippen LogP contribution in [-0.4, -0.2) is 10.4 Å². The Labute approximate surface area is 108 Å². The summed E-state index contributed by atoms with van der Waals surface area (Å²) in [6.45, 7) is 3.61. The SMILES string of the molecule is CCn1c(CC(C)=O)cc2cccc(C(F)(F)F)c21. The molecule has 0 amide bonds. The van der Waals surface area contributed by atoms with Crippen LogP contribution in [0, 0.1) is 0 Å². The van der Waals surface area contributed by atoms with E-state index in [0.717, 1.165) is 6.07 Å². The van der Waals surface area contributed by atoms with Gasteiger partial charge in [-0.1, -0.05) is 12.1 Å². The maximum Gasteiger partial charge on any atom is 0.418 e. The first-order valence-electron chi connectivity index (χ1n) is 6.02. The van der Waals surface area contributed by atoms with Gasteiger partial charge in [-0.05, 0) is 26.0 Å². The van der Waals surface area contributed by atoms with Crippen molar-refractivity contribution in [3.05, 3.63) is 35.5 Å². The minimum absolute atomic E-state index is 0.0638. The molecule has 0 fully saturated rings. The molecule has 1 heterocycles. The third-order valence-corrected chi connectivity index (χ3v) is 3.06. The molecule has 0 bridgehead atoms. The molecule has 0 aliphatic heterocycles. The van der Waals surface area contributed by atoms with E-state index < -0.39 is 11.7 Å². The number of carbonyl (C=O) groups is 1. The minimum atomic E-state index is -4.39. The molecule has 0 unspecified atom stereocenters. The number of halogens is 3. The Bertz CT molecular complexity index is 625. The number of para-hydroxylation sites is 1. The molecule has 0 radical (unpaired) electrons. The average molecular weight is 269 g/mol. The summed E-state index contributed by atoms with van der Waals surface area (Å²) >= 11 is 0. The topological polar surface area (TPSA) is 22.0 Å². The molecule has 1 aromatic heterocycles. The first-order valence-corrected chi connectivity index (χ1v) is 6.02. The second kappa shape index (κ2) is 4.72. The fraction of sp³-hybridized carbons (Fsp3) is 0.357. The maximum atomic E-state index is 13.0. The number of hydrogen-bond acceptors (Lipinski definition) is 1. The fourth-order valence-corrected chi connectivity index (χ4v) is 2.37. The number of nitrogens with zero attached hydrogens (tertiary/aromatic N) is 1. The average Bonchev–Trinajstić information content (AvgIpc) is 2.63. The molecule has 2 nitrogen and oxygen atoms in total. The Balaban J connectivity index is 2.74. The number of aromatic nitrogens is 1. The van der Waals surface area contributed by atoms with Gasteiger partial charge in [0.25, 0.3) is 0 Å². The van der Waals surface area contributed by atoms with Crippen LogP contribution in [-0.2, 0) is 23.9 Å². The number of ketones is 1. The maximum absolute atomic E-state index is 13.0. The molecule has 102 valence electrons. The number of hydrogen-bond donors (Lipinski definition) is 0. The lowest BCUT2D eigenvalue weighted by atomic mass is 10.1. The van der Waals surface area contributed by atoms with Crippen molar-refractivity contribution in [2.75, 3.05) is 0 Å². The number of aryl methyl sites for hydroxylation is 1. The predicted molar refractivity (Wildman–Crippen MR) is 67.0 cm³/mol. The molecular formula is C14H14F3NO. The van der Waals surface area contributed by atoms with E-state index in [9.17, 15) is 18.0 Å². The van der Waals surface area contributed by atoms with Gasteiger partial charge in [0.2, 0.25) is 0 Å². The summed E-state index contributed by atoms with van der Waals surface area (Å²) < 4.78 is 40.6. The molecular weight excluding hydrogens is 255 g/mol. The zero-order valence-corrected chi connectivity index (χ0v) is 10.7. The summed E-state index contributed by atoms with van der Waals surface area (Å²) in [5, 5.41) is 0.521. The molecule has 0 saturated heterocycles. The summed E-state index contributed by atoms with van der Waals surface area (Å²) in [5.74, 6) is -0.0638. The van der Waals surface area contributed by atoms with E-state index in [0.29, 0.717) is 17.6 Å². The van der Waals surface area contributed by atoms with Gasteiger partial charge in [-0.2, -0.15) is 13.2 Å². The van der Waals surface area contributed by atoms with Gasteiger partial charge in [-0.15, -0.1) is 0 Å².